The van der Waals surface area contributed by atoms with Crippen LogP contribution in [-0.4, -0.2) is 20.2 Å². The second kappa shape index (κ2) is 5.37. The van der Waals surface area contributed by atoms with Crippen molar-refractivity contribution in [1.29, 1.82) is 0 Å². The van der Waals surface area contributed by atoms with Gasteiger partial charge < -0.3 is 5.73 Å². The minimum Gasteiger partial charge on any atom is -0.326 e. The van der Waals surface area contributed by atoms with Crippen LogP contribution in [-0.2, 0) is 16.6 Å². The number of nitrogens with two attached hydrogens (primary N) is 1. The molecule has 2 rings (SSSR count). The highest BCUT2D eigenvalue weighted by Gasteiger charge is 2.39. The summed E-state index contributed by atoms with van der Waals surface area (Å²) in [6.07, 6.45) is 1.89. The Labute approximate surface area is 122 Å². The molecule has 0 spiro atoms. The maximum atomic E-state index is 12.7. The largest absolute Gasteiger partial charge is 0.326 e. The lowest BCUT2D eigenvalue weighted by Gasteiger charge is -2.28. The van der Waals surface area contributed by atoms with E-state index in [0.29, 0.717) is 6.54 Å². The topological polar surface area (TPSA) is 63.4 Å². The molecular formula is C15H24N2O2S. The van der Waals surface area contributed by atoms with Crippen molar-refractivity contribution in [2.24, 2.45) is 11.1 Å². The molecule has 0 bridgehead atoms. The van der Waals surface area contributed by atoms with Gasteiger partial charge in [-0.3, -0.25) is 4.31 Å². The standard InChI is InChI=1S/C15H24N2O2S/c1-15(2,3)11-20(18,19)17(14-8-9-14)13-6-4-12(10-16)5-7-13/h4-7,14H,8-11,16H2,1-3H3. The number of sulfonamides is 1. The number of nitrogens with zero attached hydrogens (tertiary/aromatic N) is 1. The highest BCUT2D eigenvalue weighted by atomic mass is 32.2. The number of rotatable bonds is 5. The first-order valence-corrected chi connectivity index (χ1v) is 8.65. The van der Waals surface area contributed by atoms with E-state index in [1.165, 1.54) is 0 Å². The molecule has 1 fully saturated rings. The molecule has 112 valence electrons. The van der Waals surface area contributed by atoms with Crippen LogP contribution in [0.3, 0.4) is 0 Å². The average Bonchev–Trinajstić information content (AvgIpc) is 3.11. The zero-order valence-corrected chi connectivity index (χ0v) is 13.3. The lowest BCUT2D eigenvalue weighted by molar-refractivity contribution is 0.460. The molecule has 0 unspecified atom stereocenters. The van der Waals surface area contributed by atoms with Crippen molar-refractivity contribution >= 4 is 15.7 Å². The molecule has 20 heavy (non-hydrogen) atoms. The zero-order chi connectivity index (χ0) is 15.0. The molecule has 0 atom stereocenters. The summed E-state index contributed by atoms with van der Waals surface area (Å²) in [6, 6.07) is 7.65. The van der Waals surface area contributed by atoms with Gasteiger partial charge in [-0.15, -0.1) is 0 Å². The van der Waals surface area contributed by atoms with Gasteiger partial charge in [0.25, 0.3) is 0 Å². The SMILES string of the molecule is CC(C)(C)CS(=O)(=O)N(c1ccc(CN)cc1)C1CC1. The highest BCUT2D eigenvalue weighted by Crippen LogP contribution is 2.36. The number of hydrogen-bond acceptors (Lipinski definition) is 3. The van der Waals surface area contributed by atoms with Gasteiger partial charge in [0.15, 0.2) is 0 Å². The van der Waals surface area contributed by atoms with Gasteiger partial charge in [0.1, 0.15) is 0 Å². The van der Waals surface area contributed by atoms with E-state index in [4.69, 9.17) is 5.73 Å². The lowest BCUT2D eigenvalue weighted by Crippen LogP contribution is -2.38. The molecule has 1 aromatic rings. The summed E-state index contributed by atoms with van der Waals surface area (Å²) >= 11 is 0. The molecule has 4 nitrogen and oxygen atoms in total. The van der Waals surface area contributed by atoms with E-state index in [9.17, 15) is 8.42 Å². The molecule has 0 saturated heterocycles. The van der Waals surface area contributed by atoms with E-state index in [1.807, 2.05) is 45.0 Å². The summed E-state index contributed by atoms with van der Waals surface area (Å²) in [4.78, 5) is 0. The predicted molar refractivity (Wildman–Crippen MR) is 83.1 cm³/mol. The summed E-state index contributed by atoms with van der Waals surface area (Å²) in [6.45, 7) is 6.33. The lowest BCUT2D eigenvalue weighted by atomic mass is 10.0. The number of benzene rings is 1. The fourth-order valence-electron chi connectivity index (χ4n) is 2.30. The van der Waals surface area contributed by atoms with Crippen molar-refractivity contribution in [2.45, 2.75) is 46.2 Å². The first-order chi connectivity index (χ1) is 9.23. The Hall–Kier alpha value is -1.07. The van der Waals surface area contributed by atoms with Crippen molar-refractivity contribution in [3.63, 3.8) is 0 Å². The zero-order valence-electron chi connectivity index (χ0n) is 12.5. The Morgan fingerprint density at radius 2 is 1.75 bits per heavy atom. The Balaban J connectivity index is 2.31. The van der Waals surface area contributed by atoms with Crippen LogP contribution >= 0.6 is 0 Å². The summed E-state index contributed by atoms with van der Waals surface area (Å²) in [5.74, 6) is 0.162. The van der Waals surface area contributed by atoms with Crippen molar-refractivity contribution in [3.05, 3.63) is 29.8 Å². The maximum Gasteiger partial charge on any atom is 0.235 e. The summed E-state index contributed by atoms with van der Waals surface area (Å²) in [7, 11) is -3.29. The smallest absolute Gasteiger partial charge is 0.235 e. The monoisotopic (exact) mass is 296 g/mol. The predicted octanol–water partition coefficient (Wildman–Crippen LogP) is 2.49. The van der Waals surface area contributed by atoms with Gasteiger partial charge >= 0.3 is 0 Å². The van der Waals surface area contributed by atoms with E-state index in [1.54, 1.807) is 4.31 Å². The van der Waals surface area contributed by atoms with Crippen LogP contribution in [0.4, 0.5) is 5.69 Å². The fraction of sp³-hybridized carbons (Fsp3) is 0.600. The third kappa shape index (κ3) is 3.73. The molecule has 1 aromatic carbocycles. The minimum absolute atomic E-state index is 0.131. The molecule has 1 aliphatic carbocycles. The van der Waals surface area contributed by atoms with E-state index >= 15 is 0 Å². The van der Waals surface area contributed by atoms with Gasteiger partial charge in [-0.2, -0.15) is 0 Å². The average molecular weight is 296 g/mol. The molecule has 0 radical (unpaired) electrons. The Kier molecular flexibility index (Phi) is 4.12. The van der Waals surface area contributed by atoms with Crippen LogP contribution in [0.25, 0.3) is 0 Å². The molecule has 5 heteroatoms. The van der Waals surface area contributed by atoms with Crippen molar-refractivity contribution in [2.75, 3.05) is 10.1 Å². The van der Waals surface area contributed by atoms with Crippen LogP contribution in [0.1, 0.15) is 39.2 Å². The van der Waals surface area contributed by atoms with E-state index in [0.717, 1.165) is 24.1 Å². The highest BCUT2D eigenvalue weighted by molar-refractivity contribution is 7.92. The third-order valence-corrected chi connectivity index (χ3v) is 5.56. The van der Waals surface area contributed by atoms with Gasteiger partial charge in [-0.05, 0) is 36.0 Å². The molecule has 0 heterocycles. The number of hydrogen-bond donors (Lipinski definition) is 1. The third-order valence-electron chi connectivity index (χ3n) is 3.22. The summed E-state index contributed by atoms with van der Waals surface area (Å²) in [5.41, 5.74) is 7.11. The second-order valence-corrected chi connectivity index (χ2v) is 8.56. The van der Waals surface area contributed by atoms with Gasteiger partial charge in [0, 0.05) is 12.6 Å². The molecule has 0 amide bonds. The van der Waals surface area contributed by atoms with Crippen molar-refractivity contribution in [3.8, 4) is 0 Å². The van der Waals surface area contributed by atoms with E-state index < -0.39 is 10.0 Å². The van der Waals surface area contributed by atoms with Crippen LogP contribution in [0.5, 0.6) is 0 Å². The van der Waals surface area contributed by atoms with Crippen molar-refractivity contribution in [1.82, 2.24) is 0 Å². The van der Waals surface area contributed by atoms with Gasteiger partial charge in [0.2, 0.25) is 10.0 Å². The summed E-state index contributed by atoms with van der Waals surface area (Å²) < 4.78 is 27.0. The molecule has 1 saturated carbocycles. The molecular weight excluding hydrogens is 272 g/mol. The van der Waals surface area contributed by atoms with Gasteiger partial charge in [0.05, 0.1) is 11.4 Å². The van der Waals surface area contributed by atoms with Crippen LogP contribution in [0.2, 0.25) is 0 Å². The quantitative estimate of drug-likeness (QED) is 0.908. The Morgan fingerprint density at radius 3 is 2.15 bits per heavy atom. The molecule has 2 N–H and O–H groups in total. The van der Waals surface area contributed by atoms with Gasteiger partial charge in [-0.25, -0.2) is 8.42 Å². The van der Waals surface area contributed by atoms with Crippen LogP contribution in [0.15, 0.2) is 24.3 Å². The van der Waals surface area contributed by atoms with Gasteiger partial charge in [-0.1, -0.05) is 32.9 Å². The molecule has 0 aliphatic heterocycles. The minimum atomic E-state index is -3.29. The van der Waals surface area contributed by atoms with E-state index in [2.05, 4.69) is 0 Å². The molecule has 1 aliphatic rings. The first kappa shape index (κ1) is 15.3. The molecule has 0 aromatic heterocycles. The maximum absolute atomic E-state index is 12.7. The second-order valence-electron chi connectivity index (χ2n) is 6.71. The van der Waals surface area contributed by atoms with Crippen LogP contribution in [0, 0.1) is 5.41 Å². The fourth-order valence-corrected chi connectivity index (χ4v) is 4.64. The Morgan fingerprint density at radius 1 is 1.20 bits per heavy atom. The van der Waals surface area contributed by atoms with Crippen molar-refractivity contribution < 1.29 is 8.42 Å². The first-order valence-electron chi connectivity index (χ1n) is 7.04. The number of anilines is 1. The summed E-state index contributed by atoms with van der Waals surface area (Å²) in [5, 5.41) is 0. The normalized spacial score (nSPS) is 16.2. The Bertz CT molecular complexity index is 555. The van der Waals surface area contributed by atoms with Crippen LogP contribution < -0.4 is 10.0 Å². The van der Waals surface area contributed by atoms with E-state index in [-0.39, 0.29) is 17.2 Å².